The van der Waals surface area contributed by atoms with Gasteiger partial charge in [0.05, 0.1) is 6.04 Å². The fourth-order valence-corrected chi connectivity index (χ4v) is 4.35. The number of nitrogens with one attached hydrogen (secondary N) is 1. The van der Waals surface area contributed by atoms with Gasteiger partial charge >= 0.3 is 0 Å². The zero-order valence-electron chi connectivity index (χ0n) is 11.4. The van der Waals surface area contributed by atoms with Gasteiger partial charge in [-0.05, 0) is 12.8 Å². The molecule has 106 valence electrons. The molecule has 1 atom stereocenters. The van der Waals surface area contributed by atoms with Crippen molar-refractivity contribution in [2.24, 2.45) is 5.41 Å². The molecule has 0 radical (unpaired) electrons. The highest BCUT2D eigenvalue weighted by Crippen LogP contribution is 2.40. The van der Waals surface area contributed by atoms with E-state index in [1.54, 1.807) is 11.8 Å². The second-order valence-corrected chi connectivity index (χ2v) is 7.05. The fourth-order valence-electron chi connectivity index (χ4n) is 3.41. The first-order valence-corrected chi connectivity index (χ1v) is 8.09. The molecule has 0 aliphatic carbocycles. The number of carbonyl (C=O) groups excluding carboxylic acids is 2. The largest absolute Gasteiger partial charge is 0.345 e. The molecule has 6 heteroatoms. The molecule has 3 rings (SSSR count). The van der Waals surface area contributed by atoms with Crippen LogP contribution in [0.4, 0.5) is 0 Å². The average molecular weight is 283 g/mol. The Bertz CT molecular complexity index is 387. The molecule has 3 saturated heterocycles. The molecule has 0 aromatic carbocycles. The second kappa shape index (κ2) is 4.98. The lowest BCUT2D eigenvalue weighted by molar-refractivity contribution is -0.134. The van der Waals surface area contributed by atoms with Gasteiger partial charge in [0.1, 0.15) is 0 Å². The Balaban J connectivity index is 1.57. The minimum Gasteiger partial charge on any atom is -0.345 e. The van der Waals surface area contributed by atoms with Crippen LogP contribution in [0.25, 0.3) is 0 Å². The van der Waals surface area contributed by atoms with Crippen LogP contribution >= 0.6 is 11.8 Å². The van der Waals surface area contributed by atoms with Crippen LogP contribution in [-0.2, 0) is 9.59 Å². The van der Waals surface area contributed by atoms with Crippen LogP contribution in [0.2, 0.25) is 0 Å². The number of carbonyl (C=O) groups is 2. The lowest BCUT2D eigenvalue weighted by Crippen LogP contribution is -2.50. The van der Waals surface area contributed by atoms with E-state index >= 15 is 0 Å². The van der Waals surface area contributed by atoms with E-state index in [4.69, 9.17) is 0 Å². The molecule has 1 spiro atoms. The van der Waals surface area contributed by atoms with Crippen LogP contribution in [-0.4, -0.2) is 66.0 Å². The molecule has 0 unspecified atom stereocenters. The maximum absolute atomic E-state index is 12.3. The van der Waals surface area contributed by atoms with Gasteiger partial charge in [-0.25, -0.2) is 0 Å². The van der Waals surface area contributed by atoms with E-state index in [2.05, 4.69) is 5.32 Å². The molecule has 0 bridgehead atoms. The summed E-state index contributed by atoms with van der Waals surface area (Å²) >= 11 is 1.78. The van der Waals surface area contributed by atoms with Crippen molar-refractivity contribution in [1.82, 2.24) is 15.1 Å². The molecular weight excluding hydrogens is 262 g/mol. The summed E-state index contributed by atoms with van der Waals surface area (Å²) in [6, 6.07) is 0.00642. The summed E-state index contributed by atoms with van der Waals surface area (Å²) in [6.07, 6.45) is 2.60. The molecule has 3 aliphatic heterocycles. The monoisotopic (exact) mass is 283 g/mol. The van der Waals surface area contributed by atoms with E-state index in [0.717, 1.165) is 44.1 Å². The Morgan fingerprint density at radius 1 is 1.42 bits per heavy atom. The Labute approximate surface area is 118 Å². The molecule has 3 heterocycles. The van der Waals surface area contributed by atoms with Crippen molar-refractivity contribution in [3.63, 3.8) is 0 Å². The summed E-state index contributed by atoms with van der Waals surface area (Å²) in [5.41, 5.74) is 0.139. The Hall–Kier alpha value is -0.750. The third-order valence-corrected chi connectivity index (χ3v) is 5.61. The molecule has 0 saturated carbocycles. The standard InChI is InChI=1S/C13H21N3O2S/c1-15-8-13(6-11(15)17)2-4-16(5-3-13)12(18)10-7-19-9-14-10/h10,14H,2-9H2,1H3/t10-/m0/s1. The van der Waals surface area contributed by atoms with E-state index < -0.39 is 0 Å². The highest BCUT2D eigenvalue weighted by Gasteiger charge is 2.44. The quantitative estimate of drug-likeness (QED) is 0.743. The maximum Gasteiger partial charge on any atom is 0.240 e. The predicted molar refractivity (Wildman–Crippen MR) is 74.7 cm³/mol. The van der Waals surface area contributed by atoms with Crippen molar-refractivity contribution in [2.45, 2.75) is 25.3 Å². The van der Waals surface area contributed by atoms with E-state index in [-0.39, 0.29) is 23.3 Å². The number of nitrogens with zero attached hydrogens (tertiary/aromatic N) is 2. The molecule has 3 fully saturated rings. The van der Waals surface area contributed by atoms with Crippen LogP contribution in [0.3, 0.4) is 0 Å². The van der Waals surface area contributed by atoms with Gasteiger partial charge in [0, 0.05) is 50.1 Å². The van der Waals surface area contributed by atoms with Crippen molar-refractivity contribution in [2.75, 3.05) is 38.3 Å². The minimum atomic E-state index is 0.00642. The Morgan fingerprint density at radius 2 is 2.16 bits per heavy atom. The molecule has 2 amide bonds. The molecular formula is C13H21N3O2S. The summed E-state index contributed by atoms with van der Waals surface area (Å²) in [7, 11) is 1.88. The molecule has 19 heavy (non-hydrogen) atoms. The zero-order valence-corrected chi connectivity index (χ0v) is 12.2. The van der Waals surface area contributed by atoms with E-state index in [1.165, 1.54) is 0 Å². The second-order valence-electron chi connectivity index (χ2n) is 6.02. The first-order chi connectivity index (χ1) is 9.10. The van der Waals surface area contributed by atoms with Crippen LogP contribution in [0.5, 0.6) is 0 Å². The van der Waals surface area contributed by atoms with Crippen molar-refractivity contribution in [1.29, 1.82) is 0 Å². The first-order valence-electron chi connectivity index (χ1n) is 6.94. The minimum absolute atomic E-state index is 0.00642. The SMILES string of the molecule is CN1CC2(CCN(C(=O)[C@@H]3CSCN3)CC2)CC1=O. The number of amides is 2. The van der Waals surface area contributed by atoms with Gasteiger partial charge in [0.2, 0.25) is 11.8 Å². The van der Waals surface area contributed by atoms with Crippen LogP contribution in [0.1, 0.15) is 19.3 Å². The Morgan fingerprint density at radius 3 is 2.68 bits per heavy atom. The third kappa shape index (κ3) is 2.48. The van der Waals surface area contributed by atoms with Crippen molar-refractivity contribution >= 4 is 23.6 Å². The topological polar surface area (TPSA) is 52.6 Å². The number of hydrogen-bond donors (Lipinski definition) is 1. The number of thioether (sulfide) groups is 1. The zero-order chi connectivity index (χ0) is 13.5. The average Bonchev–Trinajstić information content (AvgIpc) is 3.00. The summed E-state index contributed by atoms with van der Waals surface area (Å²) in [5, 5.41) is 3.24. The predicted octanol–water partition coefficient (Wildman–Crippen LogP) is 0.120. The summed E-state index contributed by atoms with van der Waals surface area (Å²) in [4.78, 5) is 27.8. The maximum atomic E-state index is 12.3. The fraction of sp³-hybridized carbons (Fsp3) is 0.846. The highest BCUT2D eigenvalue weighted by atomic mass is 32.2. The lowest BCUT2D eigenvalue weighted by Gasteiger charge is -2.39. The summed E-state index contributed by atoms with van der Waals surface area (Å²) in [5.74, 6) is 2.28. The number of rotatable bonds is 1. The number of likely N-dealkylation sites (tertiary alicyclic amines) is 2. The van der Waals surface area contributed by atoms with Crippen LogP contribution in [0, 0.1) is 5.41 Å². The van der Waals surface area contributed by atoms with Crippen LogP contribution in [0.15, 0.2) is 0 Å². The first kappa shape index (κ1) is 13.2. The van der Waals surface area contributed by atoms with Crippen molar-refractivity contribution in [3.05, 3.63) is 0 Å². The van der Waals surface area contributed by atoms with Gasteiger partial charge in [-0.1, -0.05) is 0 Å². The van der Waals surface area contributed by atoms with Gasteiger partial charge in [0.25, 0.3) is 0 Å². The molecule has 0 aromatic heterocycles. The van der Waals surface area contributed by atoms with Gasteiger partial charge in [-0.15, -0.1) is 11.8 Å². The van der Waals surface area contributed by atoms with Gasteiger partial charge in [-0.3, -0.25) is 14.9 Å². The molecule has 3 aliphatic rings. The molecule has 5 nitrogen and oxygen atoms in total. The molecule has 1 N–H and O–H groups in total. The lowest BCUT2D eigenvalue weighted by atomic mass is 9.77. The molecule has 0 aromatic rings. The highest BCUT2D eigenvalue weighted by molar-refractivity contribution is 7.99. The van der Waals surface area contributed by atoms with Gasteiger partial charge in [0.15, 0.2) is 0 Å². The summed E-state index contributed by atoms with van der Waals surface area (Å²) < 4.78 is 0. The van der Waals surface area contributed by atoms with E-state index in [0.29, 0.717) is 6.42 Å². The normalized spacial score (nSPS) is 30.4. The van der Waals surface area contributed by atoms with Crippen molar-refractivity contribution < 1.29 is 9.59 Å². The number of piperidine rings is 1. The third-order valence-electron chi connectivity index (χ3n) is 4.67. The summed E-state index contributed by atoms with van der Waals surface area (Å²) in [6.45, 7) is 2.48. The van der Waals surface area contributed by atoms with E-state index in [9.17, 15) is 9.59 Å². The van der Waals surface area contributed by atoms with Crippen LogP contribution < -0.4 is 5.32 Å². The van der Waals surface area contributed by atoms with Gasteiger partial charge in [-0.2, -0.15) is 0 Å². The van der Waals surface area contributed by atoms with Crippen molar-refractivity contribution in [3.8, 4) is 0 Å². The smallest absolute Gasteiger partial charge is 0.240 e. The van der Waals surface area contributed by atoms with Gasteiger partial charge < -0.3 is 9.80 Å². The Kier molecular flexibility index (Phi) is 3.47. The number of hydrogen-bond acceptors (Lipinski definition) is 4. The van der Waals surface area contributed by atoms with E-state index in [1.807, 2.05) is 16.8 Å².